The molecule has 0 atom stereocenters. The lowest BCUT2D eigenvalue weighted by molar-refractivity contribution is -0.119. The molecule has 6 heteroatoms. The van der Waals surface area contributed by atoms with Gasteiger partial charge in [-0.25, -0.2) is 8.42 Å². The van der Waals surface area contributed by atoms with Gasteiger partial charge in [-0.2, -0.15) is 0 Å². The fourth-order valence-electron chi connectivity index (χ4n) is 4.25. The highest BCUT2D eigenvalue weighted by Gasteiger charge is 2.35. The van der Waals surface area contributed by atoms with Crippen molar-refractivity contribution in [3.63, 3.8) is 0 Å². The molecule has 0 aromatic heterocycles. The summed E-state index contributed by atoms with van der Waals surface area (Å²) in [6.45, 7) is 2.39. The molecule has 2 aromatic rings. The molecule has 2 aliphatic rings. The summed E-state index contributed by atoms with van der Waals surface area (Å²) in [5.74, 6) is -0.278. The van der Waals surface area contributed by atoms with Crippen LogP contribution in [0.4, 0.5) is 5.69 Å². The summed E-state index contributed by atoms with van der Waals surface area (Å²) in [6.07, 6.45) is 8.62. The Balaban J connectivity index is 1.57. The van der Waals surface area contributed by atoms with Crippen molar-refractivity contribution in [2.45, 2.75) is 50.3 Å². The van der Waals surface area contributed by atoms with Gasteiger partial charge < -0.3 is 5.32 Å². The lowest BCUT2D eigenvalue weighted by Gasteiger charge is -2.32. The van der Waals surface area contributed by atoms with Crippen LogP contribution in [-0.2, 0) is 21.2 Å². The quantitative estimate of drug-likeness (QED) is 0.698. The molecule has 5 nitrogen and oxygen atoms in total. The predicted octanol–water partition coefficient (Wildman–Crippen LogP) is 4.43. The van der Waals surface area contributed by atoms with E-state index in [9.17, 15) is 13.2 Å². The molecule has 1 aliphatic carbocycles. The van der Waals surface area contributed by atoms with Crippen LogP contribution in [0, 0.1) is 0 Å². The SMILES string of the molecule is CCc1ccc2c(c1)-c1ccccc1S(=O)(=O)N2CC(=O)NCCC1=CCCCC1. The van der Waals surface area contributed by atoms with Crippen LogP contribution in [0.2, 0.25) is 0 Å². The number of allylic oxidation sites excluding steroid dienone is 1. The molecular weight excluding hydrogens is 396 g/mol. The van der Waals surface area contributed by atoms with Gasteiger partial charge in [0.25, 0.3) is 10.0 Å². The first-order chi connectivity index (χ1) is 14.5. The smallest absolute Gasteiger partial charge is 0.265 e. The zero-order valence-electron chi connectivity index (χ0n) is 17.4. The molecule has 0 fully saturated rings. The highest BCUT2D eigenvalue weighted by atomic mass is 32.2. The molecule has 0 saturated heterocycles. The average Bonchev–Trinajstić information content (AvgIpc) is 2.77. The van der Waals surface area contributed by atoms with E-state index in [2.05, 4.69) is 18.3 Å². The summed E-state index contributed by atoms with van der Waals surface area (Å²) in [7, 11) is -3.80. The Labute approximate surface area is 178 Å². The Morgan fingerprint density at radius 3 is 2.70 bits per heavy atom. The van der Waals surface area contributed by atoms with Gasteiger partial charge in [0, 0.05) is 17.7 Å². The Bertz CT molecular complexity index is 1090. The molecule has 0 saturated carbocycles. The highest BCUT2D eigenvalue weighted by molar-refractivity contribution is 7.93. The third-order valence-corrected chi connectivity index (χ3v) is 7.74. The van der Waals surface area contributed by atoms with Gasteiger partial charge in [0.2, 0.25) is 5.91 Å². The number of carbonyl (C=O) groups is 1. The van der Waals surface area contributed by atoms with E-state index in [0.717, 1.165) is 36.8 Å². The van der Waals surface area contributed by atoms with Crippen molar-refractivity contribution < 1.29 is 13.2 Å². The first-order valence-electron chi connectivity index (χ1n) is 10.7. The number of fused-ring (bicyclic) bond motifs is 3. The van der Waals surface area contributed by atoms with E-state index in [1.807, 2.05) is 30.3 Å². The molecule has 0 unspecified atom stereocenters. The Morgan fingerprint density at radius 1 is 1.10 bits per heavy atom. The minimum absolute atomic E-state index is 0.214. The summed E-state index contributed by atoms with van der Waals surface area (Å²) in [4.78, 5) is 12.9. The minimum Gasteiger partial charge on any atom is -0.354 e. The Hall–Kier alpha value is -2.60. The standard InChI is InChI=1S/C24H28N2O3S/c1-2-18-12-13-22-21(16-18)20-10-6-7-11-23(20)30(28,29)26(22)17-24(27)25-15-14-19-8-4-3-5-9-19/h6-8,10-13,16H,2-5,9,14-15,17H2,1H3,(H,25,27). The Kier molecular flexibility index (Phi) is 5.95. The normalized spacial score (nSPS) is 17.0. The zero-order chi connectivity index (χ0) is 21.1. The molecule has 1 N–H and O–H groups in total. The van der Waals surface area contributed by atoms with Crippen LogP contribution < -0.4 is 9.62 Å². The molecule has 0 bridgehead atoms. The molecule has 1 amide bonds. The maximum Gasteiger partial charge on any atom is 0.265 e. The number of benzene rings is 2. The summed E-state index contributed by atoms with van der Waals surface area (Å²) in [5, 5.41) is 2.91. The third-order valence-electron chi connectivity index (χ3n) is 5.92. The fourth-order valence-corrected chi connectivity index (χ4v) is 5.90. The number of hydrogen-bond donors (Lipinski definition) is 1. The molecular formula is C24H28N2O3S. The van der Waals surface area contributed by atoms with Gasteiger partial charge in [-0.3, -0.25) is 9.10 Å². The second kappa shape index (κ2) is 8.64. The van der Waals surface area contributed by atoms with E-state index in [1.54, 1.807) is 12.1 Å². The number of nitrogens with zero attached hydrogens (tertiary/aromatic N) is 1. The van der Waals surface area contributed by atoms with Gasteiger partial charge in [-0.15, -0.1) is 0 Å². The van der Waals surface area contributed by atoms with Crippen molar-refractivity contribution in [3.05, 3.63) is 59.7 Å². The maximum absolute atomic E-state index is 13.3. The van der Waals surface area contributed by atoms with E-state index in [4.69, 9.17) is 0 Å². The summed E-state index contributed by atoms with van der Waals surface area (Å²) >= 11 is 0. The molecule has 1 aliphatic heterocycles. The van der Waals surface area contributed by atoms with Gasteiger partial charge in [-0.1, -0.05) is 42.8 Å². The Morgan fingerprint density at radius 2 is 1.93 bits per heavy atom. The summed E-state index contributed by atoms with van der Waals surface area (Å²) in [5.41, 5.74) is 4.64. The van der Waals surface area contributed by atoms with Crippen molar-refractivity contribution in [2.24, 2.45) is 0 Å². The van der Waals surface area contributed by atoms with Crippen LogP contribution in [0.5, 0.6) is 0 Å². The average molecular weight is 425 g/mol. The number of amides is 1. The third kappa shape index (κ3) is 4.01. The van der Waals surface area contributed by atoms with Crippen molar-refractivity contribution in [2.75, 3.05) is 17.4 Å². The van der Waals surface area contributed by atoms with Gasteiger partial charge in [0.15, 0.2) is 0 Å². The summed E-state index contributed by atoms with van der Waals surface area (Å²) in [6, 6.07) is 12.8. The van der Waals surface area contributed by atoms with E-state index in [1.165, 1.54) is 22.7 Å². The van der Waals surface area contributed by atoms with Gasteiger partial charge in [-0.05, 0) is 62.3 Å². The monoisotopic (exact) mass is 424 g/mol. The molecule has 4 rings (SSSR count). The van der Waals surface area contributed by atoms with Crippen molar-refractivity contribution in [3.8, 4) is 11.1 Å². The number of hydrogen-bond acceptors (Lipinski definition) is 3. The van der Waals surface area contributed by atoms with Crippen LogP contribution in [0.1, 0.15) is 44.6 Å². The van der Waals surface area contributed by atoms with Crippen LogP contribution in [0.15, 0.2) is 59.0 Å². The number of anilines is 1. The minimum atomic E-state index is -3.80. The number of sulfonamides is 1. The van der Waals surface area contributed by atoms with E-state index in [0.29, 0.717) is 17.8 Å². The molecule has 0 spiro atoms. The molecule has 1 heterocycles. The molecule has 30 heavy (non-hydrogen) atoms. The maximum atomic E-state index is 13.3. The lowest BCUT2D eigenvalue weighted by atomic mass is 9.97. The second-order valence-corrected chi connectivity index (χ2v) is 9.75. The zero-order valence-corrected chi connectivity index (χ0v) is 18.2. The van der Waals surface area contributed by atoms with Gasteiger partial charge >= 0.3 is 0 Å². The topological polar surface area (TPSA) is 66.5 Å². The van der Waals surface area contributed by atoms with Gasteiger partial charge in [0.1, 0.15) is 6.54 Å². The van der Waals surface area contributed by atoms with Gasteiger partial charge in [0.05, 0.1) is 10.6 Å². The van der Waals surface area contributed by atoms with E-state index < -0.39 is 10.0 Å². The number of carbonyl (C=O) groups excluding carboxylic acids is 1. The molecule has 0 radical (unpaired) electrons. The highest BCUT2D eigenvalue weighted by Crippen LogP contribution is 2.43. The van der Waals surface area contributed by atoms with Crippen LogP contribution in [0.25, 0.3) is 11.1 Å². The largest absolute Gasteiger partial charge is 0.354 e. The van der Waals surface area contributed by atoms with Crippen LogP contribution >= 0.6 is 0 Å². The van der Waals surface area contributed by atoms with Crippen LogP contribution in [0.3, 0.4) is 0 Å². The predicted molar refractivity (Wildman–Crippen MR) is 120 cm³/mol. The molecule has 2 aromatic carbocycles. The number of rotatable bonds is 6. The number of nitrogens with one attached hydrogen (secondary N) is 1. The molecule has 158 valence electrons. The first-order valence-corrected chi connectivity index (χ1v) is 12.1. The van der Waals surface area contributed by atoms with E-state index in [-0.39, 0.29) is 17.3 Å². The van der Waals surface area contributed by atoms with E-state index >= 15 is 0 Å². The van der Waals surface area contributed by atoms with Crippen molar-refractivity contribution in [1.82, 2.24) is 5.32 Å². The number of aryl methyl sites for hydroxylation is 1. The lowest BCUT2D eigenvalue weighted by Crippen LogP contribution is -2.42. The van der Waals surface area contributed by atoms with Crippen LogP contribution in [-0.4, -0.2) is 27.4 Å². The fraction of sp³-hybridized carbons (Fsp3) is 0.375. The van der Waals surface area contributed by atoms with Crippen molar-refractivity contribution >= 4 is 21.6 Å². The second-order valence-electron chi connectivity index (χ2n) is 7.92. The summed E-state index contributed by atoms with van der Waals surface area (Å²) < 4.78 is 27.9. The first kappa shape index (κ1) is 20.7. The van der Waals surface area contributed by atoms with Crippen molar-refractivity contribution in [1.29, 1.82) is 0 Å².